The van der Waals surface area contributed by atoms with Gasteiger partial charge in [-0.2, -0.15) is 0 Å². The molecule has 0 unspecified atom stereocenters. The Morgan fingerprint density at radius 1 is 0.283 bits per heavy atom. The van der Waals surface area contributed by atoms with E-state index in [1.807, 2.05) is 24.3 Å². The molecule has 2 aliphatic heterocycles. The molecule has 0 bridgehead atoms. The summed E-state index contributed by atoms with van der Waals surface area (Å²) in [5, 5.41) is 4.65. The third-order valence-electron chi connectivity index (χ3n) is 12.0. The van der Waals surface area contributed by atoms with Gasteiger partial charge in [-0.1, -0.05) is 103 Å². The van der Waals surface area contributed by atoms with Crippen molar-refractivity contribution in [1.82, 2.24) is 9.13 Å². The molecule has 13 rings (SSSR count). The van der Waals surface area contributed by atoms with Crippen molar-refractivity contribution >= 4 is 77.7 Å². The van der Waals surface area contributed by atoms with Crippen LogP contribution in [0.25, 0.3) is 55.0 Å². The van der Waals surface area contributed by atoms with Gasteiger partial charge in [0.15, 0.2) is 23.0 Å². The average Bonchev–Trinajstić information content (AvgIpc) is 3.84. The Balaban J connectivity index is 1.10. The van der Waals surface area contributed by atoms with E-state index in [1.165, 1.54) is 10.8 Å². The zero-order valence-electron chi connectivity index (χ0n) is 32.2. The van der Waals surface area contributed by atoms with Crippen LogP contribution >= 0.6 is 0 Å². The molecule has 0 amide bonds. The molecular formula is C54H34N4O2. The molecular weight excluding hydrogens is 737 g/mol. The van der Waals surface area contributed by atoms with Crippen molar-refractivity contribution in [3.8, 4) is 34.4 Å². The molecule has 4 heterocycles. The van der Waals surface area contributed by atoms with Crippen LogP contribution in [0.15, 0.2) is 206 Å². The van der Waals surface area contributed by atoms with Crippen LogP contribution in [0.5, 0.6) is 23.0 Å². The molecule has 0 spiro atoms. The Labute approximate surface area is 345 Å². The molecule has 0 radical (unpaired) electrons. The maximum Gasteiger partial charge on any atom is 0.153 e. The third-order valence-corrected chi connectivity index (χ3v) is 12.0. The minimum absolute atomic E-state index is 0.806. The molecule has 282 valence electrons. The summed E-state index contributed by atoms with van der Waals surface area (Å²) in [5.41, 5.74) is 12.6. The second-order valence-electron chi connectivity index (χ2n) is 15.3. The fourth-order valence-corrected chi connectivity index (χ4v) is 9.57. The van der Waals surface area contributed by atoms with Crippen molar-refractivity contribution in [2.75, 3.05) is 9.80 Å². The zero-order chi connectivity index (χ0) is 39.3. The molecule has 0 saturated heterocycles. The first-order chi connectivity index (χ1) is 29.8. The fourth-order valence-electron chi connectivity index (χ4n) is 9.57. The van der Waals surface area contributed by atoms with Crippen LogP contribution in [-0.4, -0.2) is 9.13 Å². The average molecular weight is 771 g/mol. The number of hydrogen-bond donors (Lipinski definition) is 0. The Hall–Kier alpha value is -8.22. The molecule has 9 aromatic carbocycles. The van der Waals surface area contributed by atoms with Crippen molar-refractivity contribution < 1.29 is 9.47 Å². The lowest BCUT2D eigenvalue weighted by Crippen LogP contribution is -2.17. The van der Waals surface area contributed by atoms with Crippen LogP contribution < -0.4 is 19.3 Å². The second kappa shape index (κ2) is 12.6. The van der Waals surface area contributed by atoms with E-state index in [9.17, 15) is 0 Å². The van der Waals surface area contributed by atoms with Gasteiger partial charge >= 0.3 is 0 Å². The van der Waals surface area contributed by atoms with E-state index in [2.05, 4.69) is 201 Å². The SMILES string of the molecule is c1ccc(N2c3ccccc3Oc3ccc4c5ccccc5n(-c5cccc(-n6c7ccccc7c7ccc8c(c76)N(c6ccccc6)c6ccccc6O8)c5)c4c32)cc1. The number of para-hydroxylation sites is 8. The molecule has 0 aliphatic carbocycles. The van der Waals surface area contributed by atoms with E-state index < -0.39 is 0 Å². The fraction of sp³-hybridized carbons (Fsp3) is 0. The number of aromatic nitrogens is 2. The summed E-state index contributed by atoms with van der Waals surface area (Å²) >= 11 is 0. The van der Waals surface area contributed by atoms with Gasteiger partial charge in [0.05, 0.1) is 33.4 Å². The summed E-state index contributed by atoms with van der Waals surface area (Å²) in [7, 11) is 0. The van der Waals surface area contributed by atoms with Gasteiger partial charge in [-0.3, -0.25) is 0 Å². The molecule has 2 aliphatic rings. The van der Waals surface area contributed by atoms with E-state index >= 15 is 0 Å². The van der Waals surface area contributed by atoms with Gasteiger partial charge < -0.3 is 28.4 Å². The van der Waals surface area contributed by atoms with Crippen LogP contribution in [-0.2, 0) is 0 Å². The molecule has 6 heteroatoms. The predicted octanol–water partition coefficient (Wildman–Crippen LogP) is 15.0. The summed E-state index contributed by atoms with van der Waals surface area (Å²) in [5.74, 6) is 3.26. The number of nitrogens with zero attached hydrogens (tertiary/aromatic N) is 4. The summed E-state index contributed by atoms with van der Waals surface area (Å²) in [6.07, 6.45) is 0. The Morgan fingerprint density at radius 3 is 1.17 bits per heavy atom. The first kappa shape index (κ1) is 32.8. The van der Waals surface area contributed by atoms with Crippen molar-refractivity contribution in [3.63, 3.8) is 0 Å². The molecule has 6 nitrogen and oxygen atoms in total. The number of hydrogen-bond acceptors (Lipinski definition) is 4. The van der Waals surface area contributed by atoms with Crippen molar-refractivity contribution in [3.05, 3.63) is 206 Å². The minimum Gasteiger partial charge on any atom is -0.453 e. The van der Waals surface area contributed by atoms with Gasteiger partial charge in [-0.05, 0) is 103 Å². The van der Waals surface area contributed by atoms with E-state index in [0.717, 1.165) is 101 Å². The minimum atomic E-state index is 0.806. The van der Waals surface area contributed by atoms with Gasteiger partial charge in [-0.15, -0.1) is 0 Å². The number of benzene rings is 9. The molecule has 2 aromatic heterocycles. The summed E-state index contributed by atoms with van der Waals surface area (Å²) in [4.78, 5) is 4.70. The number of anilines is 6. The Bertz CT molecular complexity index is 3290. The van der Waals surface area contributed by atoms with E-state index in [1.54, 1.807) is 0 Å². The Morgan fingerprint density at radius 2 is 0.683 bits per heavy atom. The highest BCUT2D eigenvalue weighted by Crippen LogP contribution is 2.56. The standard InChI is InChI=1S/C54H34N4O2/c1-3-16-35(17-4-1)55-45-26-11-13-28-47(45)59-49-32-30-41-39-22-7-9-24-43(39)57(51(41)53(49)55)37-20-15-21-38(34-37)58-44-25-10-8-23-40(44)42-31-33-50-54(52(42)58)56(36-18-5-2-6-19-36)46-27-12-14-29-48(46)60-50/h1-34H. The molecule has 0 atom stereocenters. The smallest absolute Gasteiger partial charge is 0.153 e. The van der Waals surface area contributed by atoms with Gasteiger partial charge in [-0.25, -0.2) is 0 Å². The van der Waals surface area contributed by atoms with Crippen LogP contribution in [0.1, 0.15) is 0 Å². The number of ether oxygens (including phenoxy) is 2. The molecule has 0 saturated carbocycles. The quantitative estimate of drug-likeness (QED) is 0.179. The van der Waals surface area contributed by atoms with Crippen molar-refractivity contribution in [2.45, 2.75) is 0 Å². The Kier molecular flexibility index (Phi) is 6.91. The van der Waals surface area contributed by atoms with Crippen molar-refractivity contribution in [1.29, 1.82) is 0 Å². The highest BCUT2D eigenvalue weighted by Gasteiger charge is 2.33. The number of fused-ring (bicyclic) bond motifs is 12. The van der Waals surface area contributed by atoms with Gasteiger partial charge in [0.1, 0.15) is 11.4 Å². The van der Waals surface area contributed by atoms with E-state index in [4.69, 9.17) is 9.47 Å². The van der Waals surface area contributed by atoms with Gasteiger partial charge in [0.25, 0.3) is 0 Å². The zero-order valence-corrected chi connectivity index (χ0v) is 32.2. The lowest BCUT2D eigenvalue weighted by Gasteiger charge is -2.34. The predicted molar refractivity (Wildman–Crippen MR) is 245 cm³/mol. The molecule has 0 fully saturated rings. The summed E-state index contributed by atoms with van der Waals surface area (Å²) < 4.78 is 18.3. The van der Waals surface area contributed by atoms with Crippen LogP contribution in [0.3, 0.4) is 0 Å². The second-order valence-corrected chi connectivity index (χ2v) is 15.3. The topological polar surface area (TPSA) is 34.8 Å². The van der Waals surface area contributed by atoms with Crippen molar-refractivity contribution in [2.24, 2.45) is 0 Å². The first-order valence-corrected chi connectivity index (χ1v) is 20.3. The molecule has 11 aromatic rings. The van der Waals surface area contributed by atoms with E-state index in [0.29, 0.717) is 0 Å². The normalized spacial score (nSPS) is 12.9. The lowest BCUT2D eigenvalue weighted by atomic mass is 10.1. The van der Waals surface area contributed by atoms with Gasteiger partial charge in [0, 0.05) is 44.3 Å². The van der Waals surface area contributed by atoms with E-state index in [-0.39, 0.29) is 0 Å². The van der Waals surface area contributed by atoms with Crippen LogP contribution in [0.2, 0.25) is 0 Å². The molecule has 60 heavy (non-hydrogen) atoms. The monoisotopic (exact) mass is 770 g/mol. The summed E-state index contributed by atoms with van der Waals surface area (Å²) in [6, 6.07) is 72.8. The third kappa shape index (κ3) is 4.64. The van der Waals surface area contributed by atoms with Crippen LogP contribution in [0, 0.1) is 0 Å². The molecule has 0 N–H and O–H groups in total. The van der Waals surface area contributed by atoms with Crippen LogP contribution in [0.4, 0.5) is 34.1 Å². The highest BCUT2D eigenvalue weighted by atomic mass is 16.5. The maximum absolute atomic E-state index is 6.75. The van der Waals surface area contributed by atoms with Gasteiger partial charge in [0.2, 0.25) is 0 Å². The number of rotatable bonds is 4. The summed E-state index contributed by atoms with van der Waals surface area (Å²) in [6.45, 7) is 0. The largest absolute Gasteiger partial charge is 0.453 e. The maximum atomic E-state index is 6.75. The highest BCUT2D eigenvalue weighted by molar-refractivity contribution is 6.18. The lowest BCUT2D eigenvalue weighted by molar-refractivity contribution is 0.477. The first-order valence-electron chi connectivity index (χ1n) is 20.3.